The minimum absolute atomic E-state index is 0. The van der Waals surface area contributed by atoms with Gasteiger partial charge in [-0.2, -0.15) is 16.8 Å². The van der Waals surface area contributed by atoms with E-state index in [1.165, 1.54) is 0 Å². The molecule has 0 saturated carbocycles. The number of hydrogen-bond acceptors (Lipinski definition) is 4. The third-order valence-corrected chi connectivity index (χ3v) is 2.40. The molecule has 9 heteroatoms. The van der Waals surface area contributed by atoms with Crippen LogP contribution in [0.3, 0.4) is 0 Å². The Hall–Kier alpha value is 0.820. The fourth-order valence-electron chi connectivity index (χ4n) is 0. The molecule has 0 aliphatic heterocycles. The van der Waals surface area contributed by atoms with Gasteiger partial charge in [-0.15, -0.1) is 0 Å². The Bertz CT molecular complexity index is 223. The van der Waals surface area contributed by atoms with Gasteiger partial charge < -0.3 is 0 Å². The van der Waals surface area contributed by atoms with E-state index in [0.717, 1.165) is 0 Å². The predicted octanol–water partition coefficient (Wildman–Crippen LogP) is -4.32. The normalized spacial score (nSPS) is 12.2. The van der Waals surface area contributed by atoms with Crippen LogP contribution in [-0.2, 0) is 18.3 Å². The number of rotatable bonds is 1. The average molecular weight is 185 g/mol. The Morgan fingerprint density at radius 2 is 0.889 bits per heavy atom. The SMILES string of the molecule is O=S(=O)(O)S(=O)(=O)O.[Na+]. The molecule has 50 valence electrons. The Morgan fingerprint density at radius 1 is 0.778 bits per heavy atom. The average Bonchev–Trinajstić information content (AvgIpc) is 1.25. The van der Waals surface area contributed by atoms with E-state index in [1.807, 2.05) is 0 Å². The molecule has 0 rings (SSSR count). The maximum Gasteiger partial charge on any atom is 1.00 e. The van der Waals surface area contributed by atoms with Crippen LogP contribution in [0.5, 0.6) is 0 Å². The number of hydrogen-bond donors (Lipinski definition) is 2. The first kappa shape index (κ1) is 12.5. The van der Waals surface area contributed by atoms with Gasteiger partial charge in [-0.1, -0.05) is 0 Å². The van der Waals surface area contributed by atoms with Crippen LogP contribution in [0, 0.1) is 0 Å². The third-order valence-electron chi connectivity index (χ3n) is 0.266. The monoisotopic (exact) mass is 185 g/mol. The zero-order chi connectivity index (χ0) is 7.00. The molecule has 6 nitrogen and oxygen atoms in total. The van der Waals surface area contributed by atoms with E-state index < -0.39 is 18.3 Å². The largest absolute Gasteiger partial charge is 1.00 e. The van der Waals surface area contributed by atoms with Gasteiger partial charge in [0.1, 0.15) is 0 Å². The smallest absolute Gasteiger partial charge is 0.272 e. The molecule has 0 aliphatic carbocycles. The van der Waals surface area contributed by atoms with Crippen LogP contribution in [0.25, 0.3) is 0 Å². The summed E-state index contributed by atoms with van der Waals surface area (Å²) in [6.07, 6.45) is 0. The minimum atomic E-state index is -5.31. The van der Waals surface area contributed by atoms with Gasteiger partial charge in [-0.3, -0.25) is 9.11 Å². The molecular formula is H2NaO6S2+. The van der Waals surface area contributed by atoms with Crippen molar-refractivity contribution in [1.82, 2.24) is 0 Å². The molecule has 0 spiro atoms. The maximum atomic E-state index is 9.37. The zero-order valence-electron chi connectivity index (χ0n) is 4.34. The summed E-state index contributed by atoms with van der Waals surface area (Å²) in [7, 11) is -10.6. The van der Waals surface area contributed by atoms with Crippen molar-refractivity contribution in [3.63, 3.8) is 0 Å². The van der Waals surface area contributed by atoms with Crippen LogP contribution in [0.2, 0.25) is 0 Å². The fourth-order valence-corrected chi connectivity index (χ4v) is 0. The topological polar surface area (TPSA) is 109 Å². The third kappa shape index (κ3) is 4.25. The van der Waals surface area contributed by atoms with Crippen LogP contribution >= 0.6 is 0 Å². The van der Waals surface area contributed by atoms with Crippen molar-refractivity contribution in [2.24, 2.45) is 0 Å². The fraction of sp³-hybridized carbons (Fsp3) is 0. The van der Waals surface area contributed by atoms with E-state index in [-0.39, 0.29) is 29.6 Å². The Kier molecular flexibility index (Phi) is 4.56. The molecule has 0 saturated heterocycles. The first-order valence-corrected chi connectivity index (χ1v) is 4.60. The van der Waals surface area contributed by atoms with Gasteiger partial charge in [0.15, 0.2) is 0 Å². The molecule has 0 atom stereocenters. The molecular weight excluding hydrogens is 183 g/mol. The molecule has 2 N–H and O–H groups in total. The van der Waals surface area contributed by atoms with Crippen LogP contribution in [-0.4, -0.2) is 25.9 Å². The van der Waals surface area contributed by atoms with Crippen molar-refractivity contribution in [1.29, 1.82) is 0 Å². The van der Waals surface area contributed by atoms with E-state index in [4.69, 9.17) is 9.11 Å². The second-order valence-electron chi connectivity index (χ2n) is 0.855. The van der Waals surface area contributed by atoms with E-state index in [9.17, 15) is 16.8 Å². The molecule has 0 aromatic carbocycles. The van der Waals surface area contributed by atoms with Crippen molar-refractivity contribution in [2.45, 2.75) is 0 Å². The second-order valence-corrected chi connectivity index (χ2v) is 5.09. The van der Waals surface area contributed by atoms with Crippen LogP contribution in [0.15, 0.2) is 0 Å². The Morgan fingerprint density at radius 3 is 0.889 bits per heavy atom. The summed E-state index contributed by atoms with van der Waals surface area (Å²) in [4.78, 5) is 0. The zero-order valence-corrected chi connectivity index (χ0v) is 7.98. The second kappa shape index (κ2) is 3.28. The van der Waals surface area contributed by atoms with Crippen molar-refractivity contribution in [3.05, 3.63) is 0 Å². The van der Waals surface area contributed by atoms with Gasteiger partial charge in [0, 0.05) is 0 Å². The maximum absolute atomic E-state index is 9.37. The van der Waals surface area contributed by atoms with Gasteiger partial charge in [0.25, 0.3) is 0 Å². The van der Waals surface area contributed by atoms with E-state index in [1.54, 1.807) is 0 Å². The summed E-state index contributed by atoms with van der Waals surface area (Å²) in [5.41, 5.74) is 0. The summed E-state index contributed by atoms with van der Waals surface area (Å²) in [6, 6.07) is 0. The van der Waals surface area contributed by atoms with Gasteiger partial charge in [-0.25, -0.2) is 0 Å². The summed E-state index contributed by atoms with van der Waals surface area (Å²) < 4.78 is 52.5. The van der Waals surface area contributed by atoms with Gasteiger partial charge in [0.05, 0.1) is 0 Å². The predicted molar refractivity (Wildman–Crippen MR) is 23.1 cm³/mol. The van der Waals surface area contributed by atoms with Crippen LogP contribution in [0.4, 0.5) is 0 Å². The molecule has 0 aromatic rings. The molecule has 9 heavy (non-hydrogen) atoms. The van der Waals surface area contributed by atoms with Gasteiger partial charge >= 0.3 is 47.9 Å². The van der Waals surface area contributed by atoms with Crippen molar-refractivity contribution >= 4 is 18.3 Å². The quantitative estimate of drug-likeness (QED) is 0.243. The molecule has 0 aromatic heterocycles. The summed E-state index contributed by atoms with van der Waals surface area (Å²) >= 11 is 0. The van der Waals surface area contributed by atoms with Gasteiger partial charge in [-0.05, 0) is 0 Å². The van der Waals surface area contributed by atoms with E-state index in [0.29, 0.717) is 0 Å². The van der Waals surface area contributed by atoms with E-state index in [2.05, 4.69) is 0 Å². The first-order valence-electron chi connectivity index (χ1n) is 1.20. The standard InChI is InChI=1S/Na.H2O6S2/c;1-7(2,3)8(4,5)6/h;(H,1,2,3)(H,4,5,6)/q+1;. The summed E-state index contributed by atoms with van der Waals surface area (Å²) in [5, 5.41) is 0. The van der Waals surface area contributed by atoms with Crippen LogP contribution in [0.1, 0.15) is 0 Å². The molecule has 0 fully saturated rings. The minimum Gasteiger partial charge on any atom is -0.272 e. The van der Waals surface area contributed by atoms with Crippen molar-refractivity contribution < 1.29 is 55.5 Å². The molecule has 0 heterocycles. The van der Waals surface area contributed by atoms with Crippen molar-refractivity contribution in [3.8, 4) is 0 Å². The molecule has 0 radical (unpaired) electrons. The van der Waals surface area contributed by atoms with Crippen LogP contribution < -0.4 is 29.6 Å². The van der Waals surface area contributed by atoms with Crippen molar-refractivity contribution in [2.75, 3.05) is 0 Å². The summed E-state index contributed by atoms with van der Waals surface area (Å²) in [5.74, 6) is 0. The summed E-state index contributed by atoms with van der Waals surface area (Å²) in [6.45, 7) is 0. The molecule has 0 aliphatic rings. The Labute approximate surface area is 73.4 Å². The Balaban J connectivity index is 0. The van der Waals surface area contributed by atoms with Gasteiger partial charge in [0.2, 0.25) is 0 Å². The molecule has 0 bridgehead atoms. The molecule has 0 unspecified atom stereocenters. The van der Waals surface area contributed by atoms with E-state index >= 15 is 0 Å². The molecule has 0 amide bonds. The first-order chi connectivity index (χ1) is 3.25.